The van der Waals surface area contributed by atoms with E-state index < -0.39 is 0 Å². The summed E-state index contributed by atoms with van der Waals surface area (Å²) in [6, 6.07) is 8.08. The molecule has 0 bridgehead atoms. The molecule has 0 radical (unpaired) electrons. The predicted molar refractivity (Wildman–Crippen MR) is 68.1 cm³/mol. The number of aromatic nitrogens is 2. The number of halogens is 1. The molecule has 0 spiro atoms. The molecule has 18 heavy (non-hydrogen) atoms. The van der Waals surface area contributed by atoms with E-state index in [0.717, 1.165) is 18.7 Å². The quantitative estimate of drug-likeness (QED) is 0.628. The molecule has 0 aliphatic rings. The van der Waals surface area contributed by atoms with Gasteiger partial charge in [0.1, 0.15) is 5.82 Å². The molecule has 1 aromatic carbocycles. The van der Waals surface area contributed by atoms with Gasteiger partial charge in [0, 0.05) is 18.3 Å². The molecule has 0 fully saturated rings. The van der Waals surface area contributed by atoms with Gasteiger partial charge in [0.25, 0.3) is 0 Å². The first-order valence-electron chi connectivity index (χ1n) is 6.00. The van der Waals surface area contributed by atoms with E-state index in [1.807, 2.05) is 10.7 Å². The number of nitrogens with zero attached hydrogens (tertiary/aromatic N) is 2. The van der Waals surface area contributed by atoms with Crippen molar-refractivity contribution >= 4 is 0 Å². The molecule has 0 aliphatic heterocycles. The van der Waals surface area contributed by atoms with E-state index in [1.165, 1.54) is 6.07 Å². The molecule has 2 aromatic rings. The largest absolute Gasteiger partial charge is 0.271 e. The molecule has 0 saturated heterocycles. The molecule has 0 amide bonds. The number of hydrazine groups is 1. The van der Waals surface area contributed by atoms with Crippen molar-refractivity contribution in [3.63, 3.8) is 0 Å². The first kappa shape index (κ1) is 12.7. The second-order valence-corrected chi connectivity index (χ2v) is 4.10. The third-order valence-electron chi connectivity index (χ3n) is 2.86. The van der Waals surface area contributed by atoms with E-state index in [4.69, 9.17) is 5.84 Å². The van der Waals surface area contributed by atoms with Crippen LogP contribution in [0.25, 0.3) is 0 Å². The van der Waals surface area contributed by atoms with Gasteiger partial charge >= 0.3 is 0 Å². The van der Waals surface area contributed by atoms with Crippen molar-refractivity contribution in [2.24, 2.45) is 5.84 Å². The van der Waals surface area contributed by atoms with Crippen LogP contribution in [-0.2, 0) is 6.54 Å². The topological polar surface area (TPSA) is 55.9 Å². The normalized spacial score (nSPS) is 12.6. The molecular weight excluding hydrogens is 231 g/mol. The Hall–Kier alpha value is -1.72. The van der Waals surface area contributed by atoms with E-state index in [2.05, 4.69) is 17.4 Å². The van der Waals surface area contributed by atoms with E-state index in [0.29, 0.717) is 5.56 Å². The maximum Gasteiger partial charge on any atom is 0.128 e. The number of nitrogens with one attached hydrogen (secondary N) is 1. The van der Waals surface area contributed by atoms with Gasteiger partial charge in [0.15, 0.2) is 0 Å². The Labute approximate surface area is 106 Å². The summed E-state index contributed by atoms with van der Waals surface area (Å²) in [6.45, 7) is 2.86. The molecule has 3 N–H and O–H groups in total. The second-order valence-electron chi connectivity index (χ2n) is 4.10. The number of hydrogen-bond donors (Lipinski definition) is 2. The molecule has 1 atom stereocenters. The van der Waals surface area contributed by atoms with Crippen LogP contribution in [0.5, 0.6) is 0 Å². The lowest BCUT2D eigenvalue weighted by Crippen LogP contribution is -2.31. The molecule has 1 aromatic heterocycles. The molecule has 0 aliphatic carbocycles. The zero-order valence-electron chi connectivity index (χ0n) is 10.3. The van der Waals surface area contributed by atoms with E-state index in [1.54, 1.807) is 24.4 Å². The lowest BCUT2D eigenvalue weighted by atomic mass is 10.0. The van der Waals surface area contributed by atoms with Crippen LogP contribution < -0.4 is 11.3 Å². The average Bonchev–Trinajstić information content (AvgIpc) is 2.82. The average molecular weight is 248 g/mol. The van der Waals surface area contributed by atoms with Gasteiger partial charge in [-0.25, -0.2) is 9.82 Å². The van der Waals surface area contributed by atoms with Crippen molar-refractivity contribution in [3.8, 4) is 0 Å². The van der Waals surface area contributed by atoms with Gasteiger partial charge < -0.3 is 0 Å². The predicted octanol–water partition coefficient (Wildman–Crippen LogP) is 1.98. The first-order chi connectivity index (χ1) is 8.77. The monoisotopic (exact) mass is 248 g/mol. The van der Waals surface area contributed by atoms with Gasteiger partial charge in [0.2, 0.25) is 0 Å². The zero-order valence-corrected chi connectivity index (χ0v) is 10.3. The Balaban J connectivity index is 2.39. The van der Waals surface area contributed by atoms with Crippen molar-refractivity contribution < 1.29 is 4.39 Å². The zero-order chi connectivity index (χ0) is 13.0. The molecule has 5 heteroatoms. The van der Waals surface area contributed by atoms with Crippen LogP contribution in [0.3, 0.4) is 0 Å². The summed E-state index contributed by atoms with van der Waals surface area (Å²) in [5, 5.41) is 4.23. The number of aryl methyl sites for hydroxylation is 1. The summed E-state index contributed by atoms with van der Waals surface area (Å²) in [5.74, 6) is 5.30. The molecule has 2 rings (SSSR count). The van der Waals surface area contributed by atoms with Crippen molar-refractivity contribution in [1.82, 2.24) is 15.2 Å². The molecule has 1 heterocycles. The number of rotatable bonds is 5. The van der Waals surface area contributed by atoms with Crippen LogP contribution in [-0.4, -0.2) is 9.78 Å². The lowest BCUT2D eigenvalue weighted by Gasteiger charge is -2.18. The number of nitrogens with two attached hydrogens (primary N) is 1. The summed E-state index contributed by atoms with van der Waals surface area (Å²) in [5.41, 5.74) is 4.05. The van der Waals surface area contributed by atoms with E-state index in [9.17, 15) is 4.39 Å². The minimum atomic E-state index is -0.389. The van der Waals surface area contributed by atoms with Gasteiger partial charge in [0.05, 0.1) is 11.7 Å². The third kappa shape index (κ3) is 2.42. The fourth-order valence-electron chi connectivity index (χ4n) is 2.03. The standard InChI is InChI=1S/C13H17FN4/c1-2-9-18-12(7-8-16-18)13(17-15)10-5-3-4-6-11(10)14/h3-8,13,17H,2,9,15H2,1H3. The minimum absolute atomic E-state index is 0.273. The van der Waals surface area contributed by atoms with Gasteiger partial charge in [-0.1, -0.05) is 25.1 Å². The lowest BCUT2D eigenvalue weighted by molar-refractivity contribution is 0.502. The van der Waals surface area contributed by atoms with Gasteiger partial charge in [-0.3, -0.25) is 10.5 Å². The van der Waals surface area contributed by atoms with E-state index >= 15 is 0 Å². The second kappa shape index (κ2) is 5.75. The summed E-state index contributed by atoms with van der Waals surface area (Å²) < 4.78 is 15.7. The van der Waals surface area contributed by atoms with Crippen LogP contribution in [0.1, 0.15) is 30.6 Å². The summed E-state index contributed by atoms with van der Waals surface area (Å²) >= 11 is 0. The highest BCUT2D eigenvalue weighted by Gasteiger charge is 2.19. The Morgan fingerprint density at radius 1 is 1.39 bits per heavy atom. The molecule has 4 nitrogen and oxygen atoms in total. The Bertz CT molecular complexity index is 509. The van der Waals surface area contributed by atoms with Gasteiger partial charge in [-0.2, -0.15) is 5.10 Å². The molecular formula is C13H17FN4. The van der Waals surface area contributed by atoms with Gasteiger partial charge in [-0.15, -0.1) is 0 Å². The van der Waals surface area contributed by atoms with Crippen LogP contribution in [0, 0.1) is 5.82 Å². The summed E-state index contributed by atoms with van der Waals surface area (Å²) in [6.07, 6.45) is 2.67. The summed E-state index contributed by atoms with van der Waals surface area (Å²) in [4.78, 5) is 0. The van der Waals surface area contributed by atoms with Gasteiger partial charge in [-0.05, 0) is 18.6 Å². The van der Waals surface area contributed by atoms with Crippen LogP contribution in [0.2, 0.25) is 0 Å². The highest BCUT2D eigenvalue weighted by molar-refractivity contribution is 5.28. The van der Waals surface area contributed by atoms with Crippen LogP contribution in [0.15, 0.2) is 36.5 Å². The Kier molecular flexibility index (Phi) is 4.07. The molecule has 0 saturated carbocycles. The third-order valence-corrected chi connectivity index (χ3v) is 2.86. The van der Waals surface area contributed by atoms with Crippen molar-refractivity contribution in [2.75, 3.05) is 0 Å². The van der Waals surface area contributed by atoms with Crippen molar-refractivity contribution in [3.05, 3.63) is 53.6 Å². The van der Waals surface area contributed by atoms with Crippen LogP contribution in [0.4, 0.5) is 4.39 Å². The highest BCUT2D eigenvalue weighted by Crippen LogP contribution is 2.23. The fourth-order valence-corrected chi connectivity index (χ4v) is 2.03. The Morgan fingerprint density at radius 2 is 2.17 bits per heavy atom. The number of benzene rings is 1. The smallest absolute Gasteiger partial charge is 0.128 e. The molecule has 1 unspecified atom stereocenters. The van der Waals surface area contributed by atoms with E-state index in [-0.39, 0.29) is 11.9 Å². The SMILES string of the molecule is CCCn1nccc1C(NN)c1ccccc1F. The Morgan fingerprint density at radius 3 is 2.83 bits per heavy atom. The number of hydrogen-bond acceptors (Lipinski definition) is 3. The summed E-state index contributed by atoms with van der Waals surface area (Å²) in [7, 11) is 0. The van der Waals surface area contributed by atoms with Crippen molar-refractivity contribution in [1.29, 1.82) is 0 Å². The maximum absolute atomic E-state index is 13.8. The minimum Gasteiger partial charge on any atom is -0.271 e. The molecule has 96 valence electrons. The first-order valence-corrected chi connectivity index (χ1v) is 6.00. The van der Waals surface area contributed by atoms with Crippen LogP contribution >= 0.6 is 0 Å². The highest BCUT2D eigenvalue weighted by atomic mass is 19.1. The fraction of sp³-hybridized carbons (Fsp3) is 0.308. The maximum atomic E-state index is 13.8. The van der Waals surface area contributed by atoms with Crippen molar-refractivity contribution in [2.45, 2.75) is 25.9 Å².